The van der Waals surface area contributed by atoms with Crippen LogP contribution in [0.4, 0.5) is 0 Å². The van der Waals surface area contributed by atoms with Crippen molar-refractivity contribution in [3.63, 3.8) is 0 Å². The number of hydrogen-bond acceptors (Lipinski definition) is 2. The lowest BCUT2D eigenvalue weighted by atomic mass is 9.55. The minimum atomic E-state index is -0.768. The van der Waals surface area contributed by atoms with Gasteiger partial charge in [-0.2, -0.15) is 0 Å². The Bertz CT molecular complexity index is 358. The van der Waals surface area contributed by atoms with Crippen LogP contribution in [0.2, 0.25) is 0 Å². The molecule has 0 unspecified atom stereocenters. The van der Waals surface area contributed by atoms with Gasteiger partial charge < -0.3 is 5.11 Å². The number of hydrogen-bond donors (Lipinski definition) is 1. The molecule has 2 rings (SSSR count). The summed E-state index contributed by atoms with van der Waals surface area (Å²) < 4.78 is 0. The largest absolute Gasteiger partial charge is 0.481 e. The van der Waals surface area contributed by atoms with Gasteiger partial charge in [-0.3, -0.25) is 9.59 Å². The van der Waals surface area contributed by atoms with Crippen molar-refractivity contribution < 1.29 is 14.7 Å². The molecule has 0 aromatic carbocycles. The van der Waals surface area contributed by atoms with Crippen LogP contribution in [0.3, 0.4) is 0 Å². The van der Waals surface area contributed by atoms with Crippen LogP contribution in [0, 0.1) is 16.7 Å². The fourth-order valence-electron chi connectivity index (χ4n) is 3.08. The van der Waals surface area contributed by atoms with Gasteiger partial charge in [0.1, 0.15) is 5.78 Å². The number of carbonyl (C=O) groups excluding carboxylic acids is 1. The van der Waals surface area contributed by atoms with Crippen molar-refractivity contribution in [1.82, 2.24) is 0 Å². The lowest BCUT2D eigenvalue weighted by molar-refractivity contribution is -0.152. The van der Waals surface area contributed by atoms with Crippen LogP contribution < -0.4 is 0 Å². The average Bonchev–Trinajstić information content (AvgIpc) is 2.10. The number of carboxylic acids is 1. The average molecular weight is 208 g/mol. The Morgan fingerprint density at radius 2 is 2.13 bits per heavy atom. The molecule has 0 spiro atoms. The zero-order valence-electron chi connectivity index (χ0n) is 9.12. The first-order valence-corrected chi connectivity index (χ1v) is 5.33. The molecule has 2 aliphatic rings. The summed E-state index contributed by atoms with van der Waals surface area (Å²) in [5.41, 5.74) is -1.00. The van der Waals surface area contributed by atoms with Gasteiger partial charge >= 0.3 is 5.97 Å². The second-order valence-corrected chi connectivity index (χ2v) is 5.36. The first-order valence-electron chi connectivity index (χ1n) is 5.33. The zero-order valence-corrected chi connectivity index (χ0v) is 9.12. The third-order valence-corrected chi connectivity index (χ3v) is 3.84. The topological polar surface area (TPSA) is 54.4 Å². The SMILES string of the molecule is C[C@]12CC=C[C@](C)(C[C@@H](C(=O)O)C1)C2=O. The van der Waals surface area contributed by atoms with E-state index in [0.717, 1.165) is 0 Å². The smallest absolute Gasteiger partial charge is 0.306 e. The van der Waals surface area contributed by atoms with Gasteiger partial charge in [0.2, 0.25) is 0 Å². The van der Waals surface area contributed by atoms with Gasteiger partial charge in [0.25, 0.3) is 0 Å². The summed E-state index contributed by atoms with van der Waals surface area (Å²) in [4.78, 5) is 23.2. The molecule has 15 heavy (non-hydrogen) atoms. The third kappa shape index (κ3) is 1.41. The summed E-state index contributed by atoms with van der Waals surface area (Å²) in [5, 5.41) is 9.07. The molecule has 82 valence electrons. The Labute approximate surface area is 89.2 Å². The molecule has 1 N–H and O–H groups in total. The van der Waals surface area contributed by atoms with Gasteiger partial charge in [-0.1, -0.05) is 19.1 Å². The zero-order chi connectivity index (χ0) is 11.3. The van der Waals surface area contributed by atoms with Crippen molar-refractivity contribution in [3.8, 4) is 0 Å². The number of fused-ring (bicyclic) bond motifs is 2. The maximum absolute atomic E-state index is 12.2. The summed E-state index contributed by atoms with van der Waals surface area (Å²) in [6.07, 6.45) is 5.55. The number of carbonyl (C=O) groups is 2. The summed E-state index contributed by atoms with van der Waals surface area (Å²) in [7, 11) is 0. The minimum Gasteiger partial charge on any atom is -0.481 e. The molecule has 1 saturated carbocycles. The molecular formula is C12H16O3. The van der Waals surface area contributed by atoms with E-state index in [-0.39, 0.29) is 11.7 Å². The number of Topliss-reactive ketones (excluding diaryl/α,β-unsaturated/α-hetero) is 1. The lowest BCUT2D eigenvalue weighted by Gasteiger charge is -2.46. The molecular weight excluding hydrogens is 192 g/mol. The van der Waals surface area contributed by atoms with Crippen LogP contribution in [0.5, 0.6) is 0 Å². The Morgan fingerprint density at radius 3 is 2.67 bits per heavy atom. The van der Waals surface area contributed by atoms with E-state index in [9.17, 15) is 9.59 Å². The molecule has 3 heteroatoms. The number of aliphatic carboxylic acids is 1. The molecule has 3 atom stereocenters. The number of ketones is 1. The van der Waals surface area contributed by atoms with Gasteiger partial charge in [-0.15, -0.1) is 0 Å². The van der Waals surface area contributed by atoms with Crippen LogP contribution in [0.15, 0.2) is 12.2 Å². The van der Waals surface area contributed by atoms with Gasteiger partial charge in [0, 0.05) is 10.8 Å². The Balaban J connectivity index is 2.40. The van der Waals surface area contributed by atoms with E-state index in [2.05, 4.69) is 0 Å². The lowest BCUT2D eigenvalue weighted by Crippen LogP contribution is -2.49. The van der Waals surface area contributed by atoms with E-state index in [4.69, 9.17) is 5.11 Å². The highest BCUT2D eigenvalue weighted by Crippen LogP contribution is 2.51. The molecule has 2 aliphatic carbocycles. The third-order valence-electron chi connectivity index (χ3n) is 3.84. The van der Waals surface area contributed by atoms with E-state index < -0.39 is 16.8 Å². The monoisotopic (exact) mass is 208 g/mol. The summed E-state index contributed by atoms with van der Waals surface area (Å²) >= 11 is 0. The van der Waals surface area contributed by atoms with Crippen LogP contribution in [-0.4, -0.2) is 16.9 Å². The Kier molecular flexibility index (Phi) is 2.04. The van der Waals surface area contributed by atoms with E-state index >= 15 is 0 Å². The molecule has 0 amide bonds. The summed E-state index contributed by atoms with van der Waals surface area (Å²) in [6, 6.07) is 0. The van der Waals surface area contributed by atoms with Crippen molar-refractivity contribution in [1.29, 1.82) is 0 Å². The van der Waals surface area contributed by atoms with Gasteiger partial charge in [0.05, 0.1) is 5.92 Å². The Morgan fingerprint density at radius 1 is 1.47 bits per heavy atom. The maximum Gasteiger partial charge on any atom is 0.306 e. The predicted octanol–water partition coefficient (Wildman–Crippen LogP) is 2.02. The summed E-state index contributed by atoms with van der Waals surface area (Å²) in [6.45, 7) is 3.75. The van der Waals surface area contributed by atoms with Gasteiger partial charge in [-0.25, -0.2) is 0 Å². The second kappa shape index (κ2) is 2.94. The van der Waals surface area contributed by atoms with Crippen LogP contribution in [0.1, 0.15) is 33.1 Å². The molecule has 3 nitrogen and oxygen atoms in total. The van der Waals surface area contributed by atoms with Crippen molar-refractivity contribution in [3.05, 3.63) is 12.2 Å². The van der Waals surface area contributed by atoms with Crippen LogP contribution in [0.25, 0.3) is 0 Å². The number of allylic oxidation sites excluding steroid dienone is 2. The number of rotatable bonds is 1. The summed E-state index contributed by atoms with van der Waals surface area (Å²) in [5.74, 6) is -0.923. The first kappa shape index (κ1) is 10.4. The van der Waals surface area contributed by atoms with Crippen molar-refractivity contribution in [2.45, 2.75) is 33.1 Å². The van der Waals surface area contributed by atoms with Crippen molar-refractivity contribution in [2.75, 3.05) is 0 Å². The van der Waals surface area contributed by atoms with E-state index in [1.165, 1.54) is 0 Å². The fraction of sp³-hybridized carbons (Fsp3) is 0.667. The molecule has 0 aromatic heterocycles. The second-order valence-electron chi connectivity index (χ2n) is 5.36. The Hall–Kier alpha value is -1.12. The van der Waals surface area contributed by atoms with Crippen LogP contribution >= 0.6 is 0 Å². The predicted molar refractivity (Wildman–Crippen MR) is 55.3 cm³/mol. The van der Waals surface area contributed by atoms with Crippen molar-refractivity contribution >= 4 is 11.8 Å². The van der Waals surface area contributed by atoms with E-state index in [0.29, 0.717) is 19.3 Å². The molecule has 1 fully saturated rings. The highest BCUT2D eigenvalue weighted by atomic mass is 16.4. The highest BCUT2D eigenvalue weighted by molar-refractivity contribution is 5.94. The molecule has 0 heterocycles. The first-order chi connectivity index (χ1) is 6.87. The van der Waals surface area contributed by atoms with Crippen molar-refractivity contribution in [2.24, 2.45) is 16.7 Å². The van der Waals surface area contributed by atoms with Crippen LogP contribution in [-0.2, 0) is 9.59 Å². The normalized spacial score (nSPS) is 44.1. The fourth-order valence-corrected chi connectivity index (χ4v) is 3.08. The van der Waals surface area contributed by atoms with E-state index in [1.54, 1.807) is 0 Å². The molecule has 0 saturated heterocycles. The van der Waals surface area contributed by atoms with E-state index in [1.807, 2.05) is 26.0 Å². The quantitative estimate of drug-likeness (QED) is 0.671. The number of carboxylic acid groups (broad SMARTS) is 1. The van der Waals surface area contributed by atoms with Gasteiger partial charge in [0.15, 0.2) is 0 Å². The highest BCUT2D eigenvalue weighted by Gasteiger charge is 2.53. The standard InChI is InChI=1S/C12H16O3/c1-11-4-3-5-12(2,10(11)15)7-8(6-11)9(13)14/h3-4,8H,5-7H2,1-2H3,(H,13,14)/t8-,11-,12+/m1/s1. The maximum atomic E-state index is 12.2. The molecule has 0 aliphatic heterocycles. The molecule has 2 bridgehead atoms. The molecule has 0 aromatic rings. The van der Waals surface area contributed by atoms with Gasteiger partial charge in [-0.05, 0) is 26.2 Å². The minimum absolute atomic E-state index is 0.218. The molecule has 0 radical (unpaired) electrons.